The van der Waals surface area contributed by atoms with Crippen LogP contribution in [0.5, 0.6) is 5.75 Å². The van der Waals surface area contributed by atoms with Crippen molar-refractivity contribution in [3.05, 3.63) is 95.2 Å². The quantitative estimate of drug-likeness (QED) is 0.172. The number of carbonyl (C=O) groups excluding carboxylic acids is 1. The van der Waals surface area contributed by atoms with Crippen molar-refractivity contribution in [3.8, 4) is 5.75 Å². The summed E-state index contributed by atoms with van der Waals surface area (Å²) in [7, 11) is -1.77. The number of anilines is 1. The van der Waals surface area contributed by atoms with Gasteiger partial charge in [0.1, 0.15) is 11.4 Å². The maximum Gasteiger partial charge on any atom is 0.270 e. The zero-order valence-corrected chi connectivity index (χ0v) is 23.9. The summed E-state index contributed by atoms with van der Waals surface area (Å²) >= 11 is 0. The molecule has 10 heteroatoms. The molecular weight excluding hydrogens is 528 g/mol. The number of aliphatic hydroxyl groups is 1. The smallest absolute Gasteiger partial charge is 0.270 e. The van der Waals surface area contributed by atoms with E-state index in [2.05, 4.69) is 21.1 Å². The Hall–Kier alpha value is -3.86. The Labute approximate surface area is 234 Å². The van der Waals surface area contributed by atoms with Crippen molar-refractivity contribution >= 4 is 32.5 Å². The molecule has 0 radical (unpaired) electrons. The molecular formula is C30H36N4O5S. The number of nitrogens with one attached hydrogen (secondary N) is 3. The van der Waals surface area contributed by atoms with E-state index in [1.165, 1.54) is 12.1 Å². The second kappa shape index (κ2) is 12.1. The lowest BCUT2D eigenvalue weighted by atomic mass is 10.0. The molecule has 0 aliphatic rings. The Bertz CT molecular complexity index is 1590. The van der Waals surface area contributed by atoms with Gasteiger partial charge < -0.3 is 25.4 Å². The van der Waals surface area contributed by atoms with Crippen LogP contribution in [-0.4, -0.2) is 60.3 Å². The van der Waals surface area contributed by atoms with Crippen LogP contribution in [0.1, 0.15) is 53.2 Å². The molecule has 3 atom stereocenters. The van der Waals surface area contributed by atoms with E-state index in [-0.39, 0.29) is 36.0 Å². The monoisotopic (exact) mass is 564 g/mol. The lowest BCUT2D eigenvalue weighted by Crippen LogP contribution is -2.32. The first kappa shape index (κ1) is 29.1. The molecule has 0 spiro atoms. The number of carbonyl (C=O) groups is 1. The second-order valence-electron chi connectivity index (χ2n) is 10.3. The van der Waals surface area contributed by atoms with Gasteiger partial charge in [0.2, 0.25) is 10.0 Å². The Morgan fingerprint density at radius 3 is 2.42 bits per heavy atom. The van der Waals surface area contributed by atoms with E-state index < -0.39 is 16.1 Å². The zero-order valence-electron chi connectivity index (χ0n) is 23.0. The van der Waals surface area contributed by atoms with Gasteiger partial charge in [-0.1, -0.05) is 42.5 Å². The molecule has 0 aliphatic heterocycles. The molecule has 40 heavy (non-hydrogen) atoms. The fraction of sp³-hybridized carbons (Fsp3) is 0.300. The minimum atomic E-state index is -3.57. The number of hydrogen-bond acceptors (Lipinski definition) is 6. The number of hydrogen-bond donors (Lipinski definition) is 5. The van der Waals surface area contributed by atoms with Crippen molar-refractivity contribution in [2.75, 3.05) is 24.6 Å². The number of aromatic hydroxyl groups is 1. The minimum absolute atomic E-state index is 0.0190. The van der Waals surface area contributed by atoms with Crippen LogP contribution in [-0.2, 0) is 16.4 Å². The number of phenols is 1. The van der Waals surface area contributed by atoms with Gasteiger partial charge >= 0.3 is 0 Å². The van der Waals surface area contributed by atoms with Crippen molar-refractivity contribution in [2.45, 2.75) is 38.5 Å². The number of aromatic amines is 1. The number of aromatic nitrogens is 1. The summed E-state index contributed by atoms with van der Waals surface area (Å²) in [6.07, 6.45) is 0.783. The lowest BCUT2D eigenvalue weighted by molar-refractivity contribution is 0.0737. The van der Waals surface area contributed by atoms with Gasteiger partial charge in [0.15, 0.2) is 0 Å². The minimum Gasteiger partial charge on any atom is -0.506 e. The molecule has 0 saturated carbocycles. The van der Waals surface area contributed by atoms with Crippen LogP contribution in [0.3, 0.4) is 0 Å². The molecule has 4 aromatic rings. The molecule has 3 aromatic carbocycles. The van der Waals surface area contributed by atoms with E-state index in [1.54, 1.807) is 18.0 Å². The van der Waals surface area contributed by atoms with Crippen LogP contribution >= 0.6 is 0 Å². The number of nitrogens with zero attached hydrogens (tertiary/aromatic N) is 1. The summed E-state index contributed by atoms with van der Waals surface area (Å²) < 4.78 is 25.3. The topological polar surface area (TPSA) is 135 Å². The summed E-state index contributed by atoms with van der Waals surface area (Å²) in [6.45, 7) is 4.25. The molecule has 0 saturated heterocycles. The molecule has 212 valence electrons. The summed E-state index contributed by atoms with van der Waals surface area (Å²) in [4.78, 5) is 18.2. The third-order valence-electron chi connectivity index (χ3n) is 7.00. The van der Waals surface area contributed by atoms with Gasteiger partial charge in [-0.15, -0.1) is 0 Å². The van der Waals surface area contributed by atoms with E-state index in [0.29, 0.717) is 17.7 Å². The van der Waals surface area contributed by atoms with E-state index in [9.17, 15) is 23.4 Å². The van der Waals surface area contributed by atoms with E-state index in [0.717, 1.165) is 28.3 Å². The zero-order chi connectivity index (χ0) is 29.0. The van der Waals surface area contributed by atoms with Crippen molar-refractivity contribution in [3.63, 3.8) is 0 Å². The molecule has 1 heterocycles. The fourth-order valence-corrected chi connectivity index (χ4v) is 5.21. The van der Waals surface area contributed by atoms with Crippen molar-refractivity contribution in [2.24, 2.45) is 0 Å². The Balaban J connectivity index is 1.37. The number of phenolic OH excluding ortho intramolecular Hbond substituents is 1. The van der Waals surface area contributed by atoms with Crippen molar-refractivity contribution in [1.82, 2.24) is 15.2 Å². The summed E-state index contributed by atoms with van der Waals surface area (Å²) in [5.74, 6) is -0.299. The Morgan fingerprint density at radius 2 is 1.73 bits per heavy atom. The molecule has 1 amide bonds. The maximum absolute atomic E-state index is 13.2. The van der Waals surface area contributed by atoms with Crippen molar-refractivity contribution < 1.29 is 23.4 Å². The number of aliphatic hydroxyl groups excluding tert-OH is 1. The predicted octanol–water partition coefficient (Wildman–Crippen LogP) is 4.33. The number of rotatable bonds is 11. The first-order valence-corrected chi connectivity index (χ1v) is 15.0. The van der Waals surface area contributed by atoms with Crippen LogP contribution in [0, 0.1) is 0 Å². The molecule has 4 rings (SSSR count). The van der Waals surface area contributed by atoms with Gasteiger partial charge in [0.05, 0.1) is 24.1 Å². The van der Waals surface area contributed by atoms with Gasteiger partial charge in [0.25, 0.3) is 5.91 Å². The van der Waals surface area contributed by atoms with Crippen LogP contribution in [0.25, 0.3) is 10.9 Å². The predicted molar refractivity (Wildman–Crippen MR) is 158 cm³/mol. The first-order valence-electron chi connectivity index (χ1n) is 13.1. The molecule has 0 bridgehead atoms. The van der Waals surface area contributed by atoms with E-state index in [4.69, 9.17) is 0 Å². The van der Waals surface area contributed by atoms with Gasteiger partial charge in [-0.3, -0.25) is 9.52 Å². The Kier molecular flexibility index (Phi) is 8.82. The van der Waals surface area contributed by atoms with E-state index >= 15 is 0 Å². The fourth-order valence-electron chi connectivity index (χ4n) is 4.64. The van der Waals surface area contributed by atoms with Crippen LogP contribution in [0.2, 0.25) is 0 Å². The summed E-state index contributed by atoms with van der Waals surface area (Å²) in [5.41, 5.74) is 4.06. The third-order valence-corrected chi connectivity index (χ3v) is 7.59. The SMILES string of the molecule is C[C@H](Cc1ccc2[nH]c(C(=O)N(C)[C@@H](C)c3ccccc3)cc2c1)NC[C@H](O)c1ccc(O)c(NS(C)(=O)=O)c1. The highest BCUT2D eigenvalue weighted by Gasteiger charge is 2.21. The summed E-state index contributed by atoms with van der Waals surface area (Å²) in [6, 6.07) is 22.1. The lowest BCUT2D eigenvalue weighted by Gasteiger charge is -2.24. The van der Waals surface area contributed by atoms with Crippen LogP contribution in [0.15, 0.2) is 72.8 Å². The normalized spacial score (nSPS) is 14.0. The third kappa shape index (κ3) is 7.20. The molecule has 1 aromatic heterocycles. The van der Waals surface area contributed by atoms with Gasteiger partial charge in [-0.2, -0.15) is 0 Å². The van der Waals surface area contributed by atoms with Gasteiger partial charge in [0, 0.05) is 30.5 Å². The molecule has 9 nitrogen and oxygen atoms in total. The average Bonchev–Trinajstić information content (AvgIpc) is 3.35. The number of amides is 1. The molecule has 0 aliphatic carbocycles. The molecule has 0 unspecified atom stereocenters. The Morgan fingerprint density at radius 1 is 1.00 bits per heavy atom. The first-order chi connectivity index (χ1) is 18.9. The van der Waals surface area contributed by atoms with E-state index in [1.807, 2.05) is 62.4 Å². The van der Waals surface area contributed by atoms with Crippen molar-refractivity contribution in [1.29, 1.82) is 0 Å². The highest BCUT2D eigenvalue weighted by molar-refractivity contribution is 7.92. The highest BCUT2D eigenvalue weighted by Crippen LogP contribution is 2.28. The highest BCUT2D eigenvalue weighted by atomic mass is 32.2. The standard InChI is InChI=1S/C30H36N4O5S/c1-19(31-18-29(36)23-11-13-28(35)26(16-23)33-40(4,38)39)14-21-10-12-25-24(15-21)17-27(32-25)30(37)34(3)20(2)22-8-6-5-7-9-22/h5-13,15-17,19-20,29,31-33,35-36H,14,18H2,1-4H3/t19-,20+,29+/m1/s1. The number of sulfonamides is 1. The van der Waals surface area contributed by atoms with Crippen LogP contribution in [0.4, 0.5) is 5.69 Å². The van der Waals surface area contributed by atoms with Crippen LogP contribution < -0.4 is 10.0 Å². The molecule has 5 N–H and O–H groups in total. The largest absolute Gasteiger partial charge is 0.506 e. The number of H-pyrrole nitrogens is 1. The summed E-state index contributed by atoms with van der Waals surface area (Å²) in [5, 5.41) is 24.8. The maximum atomic E-state index is 13.2. The van der Waals surface area contributed by atoms with Gasteiger partial charge in [-0.05, 0) is 67.3 Å². The van der Waals surface area contributed by atoms with Gasteiger partial charge in [-0.25, -0.2) is 8.42 Å². The average molecular weight is 565 g/mol. The number of fused-ring (bicyclic) bond motifs is 1. The number of benzene rings is 3. The second-order valence-corrected chi connectivity index (χ2v) is 12.0. The molecule has 0 fully saturated rings.